The van der Waals surface area contributed by atoms with Crippen LogP contribution >= 0.6 is 7.82 Å². The predicted octanol–water partition coefficient (Wildman–Crippen LogP) is 7.49. The normalized spacial score (nSPS) is 14.0. The van der Waals surface area contributed by atoms with Crippen LogP contribution in [0.5, 0.6) is 0 Å². The van der Waals surface area contributed by atoms with E-state index in [1.807, 2.05) is 28.1 Å². The fraction of sp³-hybridized carbons (Fsp3) is 0.938. The Kier molecular flexibility index (Phi) is 25.8. The summed E-state index contributed by atoms with van der Waals surface area (Å²) in [4.78, 5) is 36.3. The first-order valence-corrected chi connectivity index (χ1v) is 18.2. The molecule has 9 nitrogen and oxygen atoms in total. The lowest BCUT2D eigenvalue weighted by Gasteiger charge is -2.28. The maximum atomic E-state index is 12.4. The Labute approximate surface area is 257 Å². The molecule has 0 amide bonds. The van der Waals surface area contributed by atoms with Crippen molar-refractivity contribution >= 4 is 19.8 Å². The van der Waals surface area contributed by atoms with E-state index in [2.05, 4.69) is 6.92 Å². The van der Waals surface area contributed by atoms with Crippen molar-refractivity contribution in [1.29, 1.82) is 0 Å². The summed E-state index contributed by atoms with van der Waals surface area (Å²) in [5.74, 6) is -0.890. The fourth-order valence-corrected chi connectivity index (χ4v) is 5.18. The minimum Gasteiger partial charge on any atom is -0.756 e. The Hall–Kier alpha value is -0.990. The van der Waals surface area contributed by atoms with Gasteiger partial charge in [0, 0.05) is 12.8 Å². The summed E-state index contributed by atoms with van der Waals surface area (Å²) in [6.07, 6.45) is 21.5. The number of phosphoric acid groups is 1. The van der Waals surface area contributed by atoms with E-state index in [-0.39, 0.29) is 26.1 Å². The van der Waals surface area contributed by atoms with Gasteiger partial charge in [0.2, 0.25) is 0 Å². The molecule has 42 heavy (non-hydrogen) atoms. The van der Waals surface area contributed by atoms with Crippen molar-refractivity contribution in [2.45, 2.75) is 148 Å². The molecule has 0 aliphatic rings. The molecule has 0 radical (unpaired) electrons. The third-order valence-corrected chi connectivity index (χ3v) is 8.06. The fourth-order valence-electron chi connectivity index (χ4n) is 4.46. The number of hydrogen-bond acceptors (Lipinski definition) is 8. The summed E-state index contributed by atoms with van der Waals surface area (Å²) < 4.78 is 33.0. The van der Waals surface area contributed by atoms with E-state index in [0.717, 1.165) is 12.8 Å². The second-order valence-corrected chi connectivity index (χ2v) is 14.0. The standard InChI is InChI=1S/C32H64NO8P/c1-6-8-9-10-11-12-13-14-15-16-17-18-19-20-21-22-23-25-32(35)41-30(28-38-31(34)24-7-2)29-40-42(36,37)39-27-26-33(3,4)5/h30H,6-29H2,1-5H3. The van der Waals surface area contributed by atoms with Gasteiger partial charge in [-0.15, -0.1) is 0 Å². The molecule has 0 aromatic rings. The van der Waals surface area contributed by atoms with Crippen LogP contribution in [0.25, 0.3) is 0 Å². The lowest BCUT2D eigenvalue weighted by molar-refractivity contribution is -0.870. The molecule has 2 atom stereocenters. The number of hydrogen-bond donors (Lipinski definition) is 0. The van der Waals surface area contributed by atoms with Gasteiger partial charge in [0.25, 0.3) is 7.82 Å². The van der Waals surface area contributed by atoms with Crippen LogP contribution in [-0.2, 0) is 32.7 Å². The summed E-state index contributed by atoms with van der Waals surface area (Å²) >= 11 is 0. The molecule has 0 rings (SSSR count). The number of rotatable bonds is 30. The molecule has 0 saturated heterocycles. The van der Waals surface area contributed by atoms with Crippen molar-refractivity contribution in [3.8, 4) is 0 Å². The van der Waals surface area contributed by atoms with Crippen LogP contribution in [-0.4, -0.2) is 70.0 Å². The van der Waals surface area contributed by atoms with Crippen molar-refractivity contribution in [3.63, 3.8) is 0 Å². The number of likely N-dealkylation sites (N-methyl/N-ethyl adjacent to an activating group) is 1. The Morgan fingerprint density at radius 3 is 1.57 bits per heavy atom. The van der Waals surface area contributed by atoms with Gasteiger partial charge in [-0.2, -0.15) is 0 Å². The minimum atomic E-state index is -4.58. The van der Waals surface area contributed by atoms with E-state index in [1.54, 1.807) is 0 Å². The average Bonchev–Trinajstić information content (AvgIpc) is 2.91. The highest BCUT2D eigenvalue weighted by Gasteiger charge is 2.21. The molecule has 0 spiro atoms. The number of nitrogens with zero attached hydrogens (tertiary/aromatic N) is 1. The number of phosphoric ester groups is 1. The first-order valence-electron chi connectivity index (χ1n) is 16.7. The highest BCUT2D eigenvalue weighted by Crippen LogP contribution is 2.38. The molecule has 0 aromatic carbocycles. The van der Waals surface area contributed by atoms with E-state index < -0.39 is 32.5 Å². The van der Waals surface area contributed by atoms with Gasteiger partial charge in [-0.1, -0.05) is 117 Å². The van der Waals surface area contributed by atoms with E-state index in [4.69, 9.17) is 18.5 Å². The zero-order valence-electron chi connectivity index (χ0n) is 27.7. The topological polar surface area (TPSA) is 111 Å². The number of unbranched alkanes of at least 4 members (excludes halogenated alkanes) is 16. The number of carbonyl (C=O) groups is 2. The number of esters is 2. The van der Waals surface area contributed by atoms with Crippen LogP contribution < -0.4 is 4.89 Å². The molecular weight excluding hydrogens is 557 g/mol. The zero-order chi connectivity index (χ0) is 31.5. The van der Waals surface area contributed by atoms with Crippen LogP contribution in [0.2, 0.25) is 0 Å². The summed E-state index contributed by atoms with van der Waals surface area (Å²) in [7, 11) is 1.17. The van der Waals surface area contributed by atoms with Gasteiger partial charge in [-0.05, 0) is 12.8 Å². The van der Waals surface area contributed by atoms with Gasteiger partial charge in [-0.25, -0.2) is 0 Å². The van der Waals surface area contributed by atoms with E-state index in [9.17, 15) is 19.0 Å². The maximum Gasteiger partial charge on any atom is 0.306 e. The van der Waals surface area contributed by atoms with Crippen LogP contribution in [0.15, 0.2) is 0 Å². The summed E-state index contributed by atoms with van der Waals surface area (Å²) in [6, 6.07) is 0. The Balaban J connectivity index is 4.06. The van der Waals surface area contributed by atoms with Gasteiger partial charge in [0.1, 0.15) is 19.8 Å². The SMILES string of the molecule is CCCCCCCCCCCCCCCCCCCC(=O)OC(COC(=O)CCC)COP(=O)([O-])OCC[N+](C)(C)C. The Morgan fingerprint density at radius 1 is 0.643 bits per heavy atom. The number of quaternary nitrogens is 1. The molecule has 0 aromatic heterocycles. The summed E-state index contributed by atoms with van der Waals surface area (Å²) in [5, 5.41) is 0. The summed E-state index contributed by atoms with van der Waals surface area (Å²) in [6.45, 7) is 3.83. The predicted molar refractivity (Wildman–Crippen MR) is 167 cm³/mol. The first kappa shape index (κ1) is 41.0. The van der Waals surface area contributed by atoms with Crippen molar-refractivity contribution in [3.05, 3.63) is 0 Å². The third kappa shape index (κ3) is 29.1. The van der Waals surface area contributed by atoms with Crippen molar-refractivity contribution in [1.82, 2.24) is 0 Å². The molecule has 250 valence electrons. The molecular formula is C32H64NO8P. The highest BCUT2D eigenvalue weighted by atomic mass is 31.2. The third-order valence-electron chi connectivity index (χ3n) is 7.10. The smallest absolute Gasteiger partial charge is 0.306 e. The second kappa shape index (κ2) is 26.4. The maximum absolute atomic E-state index is 12.4. The molecule has 0 fully saturated rings. The summed E-state index contributed by atoms with van der Waals surface area (Å²) in [5.41, 5.74) is 0. The number of ether oxygens (including phenoxy) is 2. The molecule has 0 heterocycles. The van der Waals surface area contributed by atoms with E-state index in [1.165, 1.54) is 89.9 Å². The first-order chi connectivity index (χ1) is 20.0. The van der Waals surface area contributed by atoms with Crippen LogP contribution in [0.3, 0.4) is 0 Å². The molecule has 0 N–H and O–H groups in total. The van der Waals surface area contributed by atoms with Crippen LogP contribution in [0.1, 0.15) is 142 Å². The van der Waals surface area contributed by atoms with Crippen molar-refractivity contribution in [2.24, 2.45) is 0 Å². The van der Waals surface area contributed by atoms with Gasteiger partial charge < -0.3 is 27.9 Å². The lowest BCUT2D eigenvalue weighted by atomic mass is 10.0. The van der Waals surface area contributed by atoms with Crippen LogP contribution in [0.4, 0.5) is 0 Å². The highest BCUT2D eigenvalue weighted by molar-refractivity contribution is 7.45. The molecule has 0 bridgehead atoms. The number of carbonyl (C=O) groups excluding carboxylic acids is 2. The lowest BCUT2D eigenvalue weighted by Crippen LogP contribution is -2.37. The Bertz CT molecular complexity index is 713. The molecule has 10 heteroatoms. The van der Waals surface area contributed by atoms with Gasteiger partial charge in [-0.3, -0.25) is 14.2 Å². The molecule has 0 aliphatic heterocycles. The Morgan fingerprint density at radius 2 is 1.12 bits per heavy atom. The minimum absolute atomic E-state index is 0.0282. The molecule has 0 saturated carbocycles. The quantitative estimate of drug-likeness (QED) is 0.0351. The van der Waals surface area contributed by atoms with Crippen molar-refractivity contribution in [2.75, 3.05) is 47.5 Å². The van der Waals surface area contributed by atoms with Gasteiger partial charge in [0.05, 0.1) is 27.7 Å². The van der Waals surface area contributed by atoms with Gasteiger partial charge in [0.15, 0.2) is 6.10 Å². The van der Waals surface area contributed by atoms with E-state index in [0.29, 0.717) is 23.9 Å². The van der Waals surface area contributed by atoms with Crippen LogP contribution in [0, 0.1) is 0 Å². The monoisotopic (exact) mass is 621 g/mol. The molecule has 0 aliphatic carbocycles. The van der Waals surface area contributed by atoms with Crippen molar-refractivity contribution < 1.29 is 42.1 Å². The van der Waals surface area contributed by atoms with E-state index >= 15 is 0 Å². The average molecular weight is 622 g/mol. The molecule has 2 unspecified atom stereocenters. The second-order valence-electron chi connectivity index (χ2n) is 12.5. The van der Waals surface area contributed by atoms with Gasteiger partial charge >= 0.3 is 11.9 Å². The zero-order valence-corrected chi connectivity index (χ0v) is 28.6. The largest absolute Gasteiger partial charge is 0.756 e.